The monoisotopic (exact) mass is 290 g/mol. The first-order valence-corrected chi connectivity index (χ1v) is 7.63. The molecular weight excluding hydrogens is 264 g/mol. The number of amides is 1. The average Bonchev–Trinajstić information content (AvgIpc) is 2.36. The van der Waals surface area contributed by atoms with Crippen molar-refractivity contribution in [2.75, 3.05) is 6.54 Å². The van der Waals surface area contributed by atoms with Gasteiger partial charge in [-0.1, -0.05) is 29.8 Å². The van der Waals surface area contributed by atoms with Crippen LogP contribution in [0.15, 0.2) is 24.3 Å². The molecule has 2 N–H and O–H groups in total. The van der Waals surface area contributed by atoms with Crippen molar-refractivity contribution in [1.82, 2.24) is 10.6 Å². The standard InChI is InChI=1S/C17H26N2O2/c1-12-6-5-7-13(10-12)15-11-14(8-9-18-15)19-16(20)21-17(2,3)4/h5-7,10,14-15,18H,8-9,11H2,1-4H3,(H,19,20). The van der Waals surface area contributed by atoms with Crippen LogP contribution in [-0.2, 0) is 4.74 Å². The highest BCUT2D eigenvalue weighted by Gasteiger charge is 2.25. The van der Waals surface area contributed by atoms with Gasteiger partial charge in [-0.15, -0.1) is 0 Å². The lowest BCUT2D eigenvalue weighted by atomic mass is 9.93. The van der Waals surface area contributed by atoms with Gasteiger partial charge < -0.3 is 15.4 Å². The van der Waals surface area contributed by atoms with Crippen LogP contribution in [0.25, 0.3) is 0 Å². The van der Waals surface area contributed by atoms with Gasteiger partial charge in [0.05, 0.1) is 0 Å². The number of hydrogen-bond donors (Lipinski definition) is 2. The largest absolute Gasteiger partial charge is 0.444 e. The van der Waals surface area contributed by atoms with Gasteiger partial charge in [0.15, 0.2) is 0 Å². The molecule has 1 saturated heterocycles. The molecule has 0 saturated carbocycles. The van der Waals surface area contributed by atoms with E-state index in [1.807, 2.05) is 20.8 Å². The molecule has 1 aromatic carbocycles. The van der Waals surface area contributed by atoms with E-state index in [2.05, 4.69) is 41.8 Å². The van der Waals surface area contributed by atoms with Crippen molar-refractivity contribution >= 4 is 6.09 Å². The Morgan fingerprint density at radius 1 is 1.38 bits per heavy atom. The fourth-order valence-electron chi connectivity index (χ4n) is 2.66. The minimum atomic E-state index is -0.451. The van der Waals surface area contributed by atoms with Crippen LogP contribution in [-0.4, -0.2) is 24.3 Å². The molecule has 1 heterocycles. The first-order valence-electron chi connectivity index (χ1n) is 7.63. The van der Waals surface area contributed by atoms with Gasteiger partial charge in [0.2, 0.25) is 0 Å². The zero-order valence-electron chi connectivity index (χ0n) is 13.4. The summed E-state index contributed by atoms with van der Waals surface area (Å²) in [6.07, 6.45) is 1.50. The summed E-state index contributed by atoms with van der Waals surface area (Å²) in [6.45, 7) is 8.64. The molecule has 2 atom stereocenters. The van der Waals surface area contributed by atoms with E-state index in [1.54, 1.807) is 0 Å². The zero-order valence-corrected chi connectivity index (χ0v) is 13.4. The summed E-state index contributed by atoms with van der Waals surface area (Å²) in [5.41, 5.74) is 2.09. The molecule has 0 aromatic heterocycles. The topological polar surface area (TPSA) is 50.4 Å². The highest BCUT2D eigenvalue weighted by Crippen LogP contribution is 2.24. The molecule has 1 amide bonds. The van der Waals surface area contributed by atoms with Crippen molar-refractivity contribution in [3.05, 3.63) is 35.4 Å². The maximum Gasteiger partial charge on any atom is 0.407 e. The SMILES string of the molecule is Cc1cccc(C2CC(NC(=O)OC(C)(C)C)CCN2)c1. The average molecular weight is 290 g/mol. The Kier molecular flexibility index (Phi) is 4.88. The van der Waals surface area contributed by atoms with Crippen molar-refractivity contribution in [3.63, 3.8) is 0 Å². The smallest absolute Gasteiger partial charge is 0.407 e. The van der Waals surface area contributed by atoms with Crippen molar-refractivity contribution in [1.29, 1.82) is 0 Å². The fraction of sp³-hybridized carbons (Fsp3) is 0.588. The number of rotatable bonds is 2. The van der Waals surface area contributed by atoms with E-state index in [0.29, 0.717) is 6.04 Å². The summed E-state index contributed by atoms with van der Waals surface area (Å²) >= 11 is 0. The molecule has 0 aliphatic carbocycles. The van der Waals surface area contributed by atoms with Crippen LogP contribution in [0.5, 0.6) is 0 Å². The van der Waals surface area contributed by atoms with E-state index >= 15 is 0 Å². The molecule has 1 aromatic rings. The Morgan fingerprint density at radius 3 is 2.81 bits per heavy atom. The Hall–Kier alpha value is -1.55. The van der Waals surface area contributed by atoms with Crippen molar-refractivity contribution in [3.8, 4) is 0 Å². The number of carbonyl (C=O) groups excluding carboxylic acids is 1. The van der Waals surface area contributed by atoms with Gasteiger partial charge in [0, 0.05) is 12.1 Å². The lowest BCUT2D eigenvalue weighted by molar-refractivity contribution is 0.0490. The number of hydrogen-bond acceptors (Lipinski definition) is 3. The maximum absolute atomic E-state index is 11.9. The molecule has 2 rings (SSSR count). The second kappa shape index (κ2) is 6.48. The van der Waals surface area contributed by atoms with Gasteiger partial charge in [-0.25, -0.2) is 4.79 Å². The lowest BCUT2D eigenvalue weighted by Crippen LogP contribution is -2.45. The van der Waals surface area contributed by atoms with E-state index in [4.69, 9.17) is 4.74 Å². The molecule has 4 nitrogen and oxygen atoms in total. The summed E-state index contributed by atoms with van der Waals surface area (Å²) < 4.78 is 5.33. The Bertz CT molecular complexity index is 494. The molecule has 1 aliphatic rings. The lowest BCUT2D eigenvalue weighted by Gasteiger charge is -2.32. The summed E-state index contributed by atoms with van der Waals surface area (Å²) in [5.74, 6) is 0. The van der Waals surface area contributed by atoms with Crippen molar-refractivity contribution in [2.45, 2.75) is 58.2 Å². The minimum Gasteiger partial charge on any atom is -0.444 e. The van der Waals surface area contributed by atoms with E-state index in [1.165, 1.54) is 11.1 Å². The highest BCUT2D eigenvalue weighted by atomic mass is 16.6. The Labute approximate surface area is 127 Å². The number of alkyl carbamates (subject to hydrolysis) is 1. The van der Waals surface area contributed by atoms with E-state index < -0.39 is 5.60 Å². The number of benzene rings is 1. The summed E-state index contributed by atoms with van der Waals surface area (Å²) in [4.78, 5) is 11.9. The fourth-order valence-corrected chi connectivity index (χ4v) is 2.66. The number of nitrogens with one attached hydrogen (secondary N) is 2. The molecule has 0 spiro atoms. The van der Waals surface area contributed by atoms with Crippen molar-refractivity contribution < 1.29 is 9.53 Å². The second-order valence-corrected chi connectivity index (χ2v) is 6.79. The van der Waals surface area contributed by atoms with Crippen LogP contribution in [0, 0.1) is 6.92 Å². The Balaban J connectivity index is 1.93. The molecule has 1 fully saturated rings. The first kappa shape index (κ1) is 15.8. The van der Waals surface area contributed by atoms with Crippen LogP contribution < -0.4 is 10.6 Å². The highest BCUT2D eigenvalue weighted by molar-refractivity contribution is 5.68. The van der Waals surface area contributed by atoms with Gasteiger partial charge in [-0.2, -0.15) is 0 Å². The van der Waals surface area contributed by atoms with Crippen LogP contribution in [0.2, 0.25) is 0 Å². The molecule has 4 heteroatoms. The Morgan fingerprint density at radius 2 is 2.14 bits per heavy atom. The predicted molar refractivity (Wildman–Crippen MR) is 84.3 cm³/mol. The van der Waals surface area contributed by atoms with Gasteiger partial charge in [-0.05, 0) is 52.6 Å². The third-order valence-corrected chi connectivity index (χ3v) is 3.57. The van der Waals surface area contributed by atoms with Crippen LogP contribution in [0.4, 0.5) is 4.79 Å². The maximum atomic E-state index is 11.9. The van der Waals surface area contributed by atoms with Crippen LogP contribution in [0.1, 0.15) is 50.8 Å². The third-order valence-electron chi connectivity index (χ3n) is 3.57. The molecular formula is C17H26N2O2. The van der Waals surface area contributed by atoms with E-state index in [0.717, 1.165) is 19.4 Å². The third kappa shape index (κ3) is 5.05. The molecule has 0 bridgehead atoms. The number of carbonyl (C=O) groups is 1. The number of aryl methyl sites for hydroxylation is 1. The van der Waals surface area contributed by atoms with Gasteiger partial charge in [0.1, 0.15) is 5.60 Å². The van der Waals surface area contributed by atoms with Gasteiger partial charge >= 0.3 is 6.09 Å². The predicted octanol–water partition coefficient (Wildman–Crippen LogP) is 3.31. The van der Waals surface area contributed by atoms with Gasteiger partial charge in [-0.3, -0.25) is 0 Å². The molecule has 21 heavy (non-hydrogen) atoms. The van der Waals surface area contributed by atoms with Gasteiger partial charge in [0.25, 0.3) is 0 Å². The van der Waals surface area contributed by atoms with Crippen molar-refractivity contribution in [2.24, 2.45) is 0 Å². The molecule has 1 aliphatic heterocycles. The zero-order chi connectivity index (χ0) is 15.5. The summed E-state index contributed by atoms with van der Waals surface area (Å²) in [5, 5.41) is 6.51. The van der Waals surface area contributed by atoms with Crippen LogP contribution >= 0.6 is 0 Å². The van der Waals surface area contributed by atoms with Crippen LogP contribution in [0.3, 0.4) is 0 Å². The van der Waals surface area contributed by atoms with E-state index in [-0.39, 0.29) is 12.1 Å². The molecule has 116 valence electrons. The number of piperidine rings is 1. The summed E-state index contributed by atoms with van der Waals surface area (Å²) in [6, 6.07) is 8.97. The molecule has 2 unspecified atom stereocenters. The first-order chi connectivity index (χ1) is 9.83. The normalized spacial score (nSPS) is 22.7. The second-order valence-electron chi connectivity index (χ2n) is 6.79. The molecule has 0 radical (unpaired) electrons. The summed E-state index contributed by atoms with van der Waals surface area (Å²) in [7, 11) is 0. The van der Waals surface area contributed by atoms with E-state index in [9.17, 15) is 4.79 Å². The minimum absolute atomic E-state index is 0.159. The quantitative estimate of drug-likeness (QED) is 0.878. The number of ether oxygens (including phenoxy) is 1.